The molecule has 7 nitrogen and oxygen atoms in total. The van der Waals surface area contributed by atoms with Gasteiger partial charge in [0.25, 0.3) is 5.91 Å². The molecular formula is C13H13BrN4O3. The standard InChI is InChI=1S/C13H13BrN4O3/c1-21-13(20)10(5-8-6-15-7-17-8)18-12(19)11-9(14)3-2-4-16-11/h2-4,6-7,10H,5H2,1H3,(H,15,17)(H,18,19)/t10-/m0/s1. The zero-order chi connectivity index (χ0) is 15.2. The van der Waals surface area contributed by atoms with Crippen LogP contribution in [0.2, 0.25) is 0 Å². The van der Waals surface area contributed by atoms with Crippen molar-refractivity contribution >= 4 is 27.8 Å². The Balaban J connectivity index is 2.13. The molecule has 0 aromatic carbocycles. The molecule has 1 amide bonds. The lowest BCUT2D eigenvalue weighted by molar-refractivity contribution is -0.142. The number of aromatic amines is 1. The average molecular weight is 353 g/mol. The van der Waals surface area contributed by atoms with Gasteiger partial charge in [0, 0.05) is 29.0 Å². The molecular weight excluding hydrogens is 340 g/mol. The number of halogens is 1. The summed E-state index contributed by atoms with van der Waals surface area (Å²) in [5, 5.41) is 2.61. The number of pyridine rings is 1. The molecule has 2 aromatic rings. The molecule has 0 aliphatic carbocycles. The molecule has 2 aromatic heterocycles. The van der Waals surface area contributed by atoms with E-state index in [4.69, 9.17) is 4.74 Å². The minimum atomic E-state index is -0.822. The highest BCUT2D eigenvalue weighted by atomic mass is 79.9. The number of methoxy groups -OCH3 is 1. The molecule has 0 aliphatic heterocycles. The fourth-order valence-electron chi connectivity index (χ4n) is 1.73. The number of hydrogen-bond acceptors (Lipinski definition) is 5. The van der Waals surface area contributed by atoms with E-state index in [0.29, 0.717) is 10.2 Å². The molecule has 0 radical (unpaired) electrons. The number of H-pyrrole nitrogens is 1. The Morgan fingerprint density at radius 2 is 2.33 bits per heavy atom. The molecule has 0 spiro atoms. The molecule has 0 unspecified atom stereocenters. The number of hydrogen-bond donors (Lipinski definition) is 2. The maximum absolute atomic E-state index is 12.2. The largest absolute Gasteiger partial charge is 0.467 e. The predicted molar refractivity (Wildman–Crippen MR) is 77.5 cm³/mol. The number of aromatic nitrogens is 3. The molecule has 21 heavy (non-hydrogen) atoms. The van der Waals surface area contributed by atoms with Crippen LogP contribution < -0.4 is 5.32 Å². The molecule has 0 aliphatic rings. The van der Waals surface area contributed by atoms with Gasteiger partial charge in [-0.25, -0.2) is 14.8 Å². The van der Waals surface area contributed by atoms with E-state index in [1.54, 1.807) is 18.3 Å². The van der Waals surface area contributed by atoms with Gasteiger partial charge in [-0.1, -0.05) is 0 Å². The number of amides is 1. The minimum absolute atomic E-state index is 0.205. The van der Waals surface area contributed by atoms with Gasteiger partial charge in [0.05, 0.1) is 13.4 Å². The SMILES string of the molecule is COC(=O)[C@H](Cc1cnc[nH]1)NC(=O)c1ncccc1Br. The first kappa shape index (κ1) is 15.2. The molecule has 2 heterocycles. The van der Waals surface area contributed by atoms with Gasteiger partial charge in [0.15, 0.2) is 0 Å². The monoisotopic (exact) mass is 352 g/mol. The van der Waals surface area contributed by atoms with Crippen molar-refractivity contribution in [2.24, 2.45) is 0 Å². The first-order valence-electron chi connectivity index (χ1n) is 6.08. The van der Waals surface area contributed by atoms with Gasteiger partial charge in [0.2, 0.25) is 0 Å². The van der Waals surface area contributed by atoms with Gasteiger partial charge >= 0.3 is 5.97 Å². The fraction of sp³-hybridized carbons (Fsp3) is 0.231. The predicted octanol–water partition coefficient (Wildman–Crippen LogP) is 1.08. The summed E-state index contributed by atoms with van der Waals surface area (Å²) in [5.41, 5.74) is 0.918. The summed E-state index contributed by atoms with van der Waals surface area (Å²) in [6.45, 7) is 0. The number of carbonyl (C=O) groups is 2. The van der Waals surface area contributed by atoms with Crippen LogP contribution in [0.1, 0.15) is 16.2 Å². The highest BCUT2D eigenvalue weighted by Gasteiger charge is 2.24. The molecule has 0 saturated heterocycles. The van der Waals surface area contributed by atoms with Crippen molar-refractivity contribution in [3.05, 3.63) is 46.7 Å². The fourth-order valence-corrected chi connectivity index (χ4v) is 2.17. The van der Waals surface area contributed by atoms with E-state index in [9.17, 15) is 9.59 Å². The van der Waals surface area contributed by atoms with Gasteiger partial charge < -0.3 is 15.0 Å². The quantitative estimate of drug-likeness (QED) is 0.784. The molecule has 1 atom stereocenters. The van der Waals surface area contributed by atoms with Crippen LogP contribution >= 0.6 is 15.9 Å². The van der Waals surface area contributed by atoms with Crippen LogP contribution in [-0.4, -0.2) is 40.0 Å². The summed E-state index contributed by atoms with van der Waals surface area (Å²) in [7, 11) is 1.27. The molecule has 2 rings (SSSR count). The molecule has 0 bridgehead atoms. The van der Waals surface area contributed by atoms with Crippen molar-refractivity contribution < 1.29 is 14.3 Å². The van der Waals surface area contributed by atoms with Gasteiger partial charge in [-0.2, -0.15) is 0 Å². The summed E-state index contributed by atoms with van der Waals surface area (Å²) >= 11 is 3.25. The first-order valence-corrected chi connectivity index (χ1v) is 6.87. The van der Waals surface area contributed by atoms with Gasteiger partial charge in [-0.15, -0.1) is 0 Å². The summed E-state index contributed by atoms with van der Waals surface area (Å²) in [6, 6.07) is 2.57. The Morgan fingerprint density at radius 3 is 2.95 bits per heavy atom. The number of imidazole rings is 1. The highest BCUT2D eigenvalue weighted by molar-refractivity contribution is 9.10. The highest BCUT2D eigenvalue weighted by Crippen LogP contribution is 2.13. The van der Waals surface area contributed by atoms with Crippen LogP contribution in [0.25, 0.3) is 0 Å². The van der Waals surface area contributed by atoms with Crippen LogP contribution in [0.15, 0.2) is 35.3 Å². The number of esters is 1. The second-order valence-corrected chi connectivity index (χ2v) is 5.02. The Hall–Kier alpha value is -2.22. The van der Waals surface area contributed by atoms with Crippen LogP contribution in [0.4, 0.5) is 0 Å². The van der Waals surface area contributed by atoms with Crippen molar-refractivity contribution in [2.45, 2.75) is 12.5 Å². The smallest absolute Gasteiger partial charge is 0.328 e. The van der Waals surface area contributed by atoms with E-state index < -0.39 is 17.9 Å². The van der Waals surface area contributed by atoms with Crippen molar-refractivity contribution in [3.8, 4) is 0 Å². The van der Waals surface area contributed by atoms with Gasteiger partial charge in [-0.3, -0.25) is 4.79 Å². The van der Waals surface area contributed by atoms with E-state index in [0.717, 1.165) is 0 Å². The van der Waals surface area contributed by atoms with Crippen LogP contribution in [0, 0.1) is 0 Å². The molecule has 2 N–H and O–H groups in total. The van der Waals surface area contributed by atoms with Crippen LogP contribution in [0.3, 0.4) is 0 Å². The normalized spacial score (nSPS) is 11.7. The minimum Gasteiger partial charge on any atom is -0.467 e. The van der Waals surface area contributed by atoms with Gasteiger partial charge in [-0.05, 0) is 28.1 Å². The lowest BCUT2D eigenvalue weighted by Gasteiger charge is -2.15. The topological polar surface area (TPSA) is 97.0 Å². The van der Waals surface area contributed by atoms with Crippen LogP contribution in [0.5, 0.6) is 0 Å². The van der Waals surface area contributed by atoms with Crippen molar-refractivity contribution in [1.29, 1.82) is 0 Å². The average Bonchev–Trinajstić information content (AvgIpc) is 2.99. The summed E-state index contributed by atoms with van der Waals surface area (Å²) in [5.74, 6) is -0.998. The maximum Gasteiger partial charge on any atom is 0.328 e. The zero-order valence-corrected chi connectivity index (χ0v) is 12.8. The van der Waals surface area contributed by atoms with E-state index in [1.165, 1.54) is 19.6 Å². The molecule has 0 saturated carbocycles. The maximum atomic E-state index is 12.2. The van der Waals surface area contributed by atoms with E-state index in [2.05, 4.69) is 36.2 Å². The Kier molecular flexibility index (Phi) is 5.04. The molecule has 8 heteroatoms. The Bertz CT molecular complexity index is 630. The third-order valence-corrected chi connectivity index (χ3v) is 3.38. The summed E-state index contributed by atoms with van der Waals surface area (Å²) in [6.07, 6.45) is 4.84. The van der Waals surface area contributed by atoms with Crippen molar-refractivity contribution in [1.82, 2.24) is 20.3 Å². The summed E-state index contributed by atoms with van der Waals surface area (Å²) < 4.78 is 5.26. The van der Waals surface area contributed by atoms with Crippen LogP contribution in [-0.2, 0) is 16.0 Å². The third-order valence-electron chi connectivity index (χ3n) is 2.74. The van der Waals surface area contributed by atoms with E-state index in [-0.39, 0.29) is 12.1 Å². The van der Waals surface area contributed by atoms with Gasteiger partial charge in [0.1, 0.15) is 11.7 Å². The Morgan fingerprint density at radius 1 is 1.52 bits per heavy atom. The molecule has 0 fully saturated rings. The zero-order valence-electron chi connectivity index (χ0n) is 11.2. The number of nitrogens with one attached hydrogen (secondary N) is 2. The number of rotatable bonds is 5. The summed E-state index contributed by atoms with van der Waals surface area (Å²) in [4.78, 5) is 34.7. The molecule has 110 valence electrons. The third kappa shape index (κ3) is 3.88. The second kappa shape index (κ2) is 6.98. The number of nitrogens with zero attached hydrogens (tertiary/aromatic N) is 2. The lowest BCUT2D eigenvalue weighted by Crippen LogP contribution is -2.43. The van der Waals surface area contributed by atoms with E-state index in [1.807, 2.05) is 0 Å². The first-order chi connectivity index (χ1) is 10.1. The Labute approximate surface area is 129 Å². The lowest BCUT2D eigenvalue weighted by atomic mass is 10.1. The van der Waals surface area contributed by atoms with Crippen molar-refractivity contribution in [2.75, 3.05) is 7.11 Å². The second-order valence-electron chi connectivity index (χ2n) is 4.16. The number of ether oxygens (including phenoxy) is 1. The van der Waals surface area contributed by atoms with E-state index >= 15 is 0 Å². The number of carbonyl (C=O) groups excluding carboxylic acids is 2. The van der Waals surface area contributed by atoms with Crippen molar-refractivity contribution in [3.63, 3.8) is 0 Å².